The van der Waals surface area contributed by atoms with E-state index in [-0.39, 0.29) is 36.0 Å². The standard InChI is InChI=1S/C26H33N5O3S/c1-28(20-23-10-3-5-11-24(23)29-13-7-2-8-14-29)21-26(32)30-15-17-31(18-16-30)35(33,34)25-12-6-4-9-22(25)19-27/h3-6,9-12H,2,7-8,13-18,20-21H2,1H3. The van der Waals surface area contributed by atoms with Crippen LogP contribution in [0.4, 0.5) is 5.69 Å². The van der Waals surface area contributed by atoms with Crippen LogP contribution in [0, 0.1) is 11.3 Å². The minimum atomic E-state index is -3.78. The maximum absolute atomic E-state index is 13.0. The predicted octanol–water partition coefficient (Wildman–Crippen LogP) is 2.51. The first-order chi connectivity index (χ1) is 16.9. The fourth-order valence-corrected chi connectivity index (χ4v) is 6.43. The Balaban J connectivity index is 1.33. The molecule has 2 aromatic carbocycles. The number of anilines is 1. The number of carbonyl (C=O) groups excluding carboxylic acids is 1. The Morgan fingerprint density at radius 3 is 2.31 bits per heavy atom. The van der Waals surface area contributed by atoms with Crippen molar-refractivity contribution in [3.63, 3.8) is 0 Å². The lowest BCUT2D eigenvalue weighted by atomic mass is 10.1. The number of hydrogen-bond donors (Lipinski definition) is 0. The van der Waals surface area contributed by atoms with Crippen LogP contribution in [0.15, 0.2) is 53.4 Å². The van der Waals surface area contributed by atoms with Gasteiger partial charge in [0.05, 0.1) is 17.0 Å². The molecule has 0 N–H and O–H groups in total. The van der Waals surface area contributed by atoms with Crippen molar-refractivity contribution in [1.82, 2.24) is 14.1 Å². The molecule has 2 fully saturated rings. The molecule has 2 heterocycles. The molecule has 1 amide bonds. The molecule has 0 radical (unpaired) electrons. The van der Waals surface area contributed by atoms with Gasteiger partial charge in [-0.25, -0.2) is 8.42 Å². The van der Waals surface area contributed by atoms with Crippen molar-refractivity contribution in [2.75, 3.05) is 57.8 Å². The minimum Gasteiger partial charge on any atom is -0.371 e. The maximum Gasteiger partial charge on any atom is 0.244 e. The van der Waals surface area contributed by atoms with Crippen LogP contribution in [0.2, 0.25) is 0 Å². The highest BCUT2D eigenvalue weighted by Crippen LogP contribution is 2.25. The Hall–Kier alpha value is -2.93. The van der Waals surface area contributed by atoms with Gasteiger partial charge in [-0.3, -0.25) is 9.69 Å². The Kier molecular flexibility index (Phi) is 8.06. The second-order valence-corrected chi connectivity index (χ2v) is 11.1. The van der Waals surface area contributed by atoms with Crippen molar-refractivity contribution in [2.24, 2.45) is 0 Å². The first-order valence-corrected chi connectivity index (χ1v) is 13.6. The van der Waals surface area contributed by atoms with Gasteiger partial charge in [0.15, 0.2) is 0 Å². The third-order valence-corrected chi connectivity index (χ3v) is 8.71. The van der Waals surface area contributed by atoms with E-state index in [4.69, 9.17) is 0 Å². The lowest BCUT2D eigenvalue weighted by molar-refractivity contribution is -0.133. The molecular weight excluding hydrogens is 462 g/mol. The van der Waals surface area contributed by atoms with Gasteiger partial charge in [0.2, 0.25) is 15.9 Å². The molecule has 35 heavy (non-hydrogen) atoms. The van der Waals surface area contributed by atoms with Crippen LogP contribution in [-0.2, 0) is 21.4 Å². The Morgan fingerprint density at radius 2 is 1.60 bits per heavy atom. The van der Waals surface area contributed by atoms with Crippen molar-refractivity contribution < 1.29 is 13.2 Å². The summed E-state index contributed by atoms with van der Waals surface area (Å²) in [6, 6.07) is 16.6. The van der Waals surface area contributed by atoms with Crippen LogP contribution in [0.1, 0.15) is 30.4 Å². The molecule has 9 heteroatoms. The summed E-state index contributed by atoms with van der Waals surface area (Å²) in [5.41, 5.74) is 2.61. The average molecular weight is 496 g/mol. The Morgan fingerprint density at radius 1 is 0.943 bits per heavy atom. The van der Waals surface area contributed by atoms with Gasteiger partial charge in [-0.2, -0.15) is 9.57 Å². The second-order valence-electron chi connectivity index (χ2n) is 9.24. The van der Waals surface area contributed by atoms with E-state index in [1.54, 1.807) is 17.0 Å². The van der Waals surface area contributed by atoms with Crippen LogP contribution in [0.25, 0.3) is 0 Å². The first-order valence-electron chi connectivity index (χ1n) is 12.2. The van der Waals surface area contributed by atoms with E-state index in [9.17, 15) is 18.5 Å². The number of para-hydroxylation sites is 1. The molecule has 0 saturated carbocycles. The third kappa shape index (κ3) is 5.84. The molecular formula is C26H33N5O3S. The summed E-state index contributed by atoms with van der Waals surface area (Å²) in [5, 5.41) is 9.28. The molecule has 2 aliphatic rings. The van der Waals surface area contributed by atoms with Crippen molar-refractivity contribution in [2.45, 2.75) is 30.7 Å². The Labute approximate surface area is 208 Å². The monoisotopic (exact) mass is 495 g/mol. The molecule has 0 spiro atoms. The Bertz CT molecular complexity index is 1180. The number of benzene rings is 2. The molecule has 0 aliphatic carbocycles. The van der Waals surface area contributed by atoms with Crippen molar-refractivity contribution >= 4 is 21.6 Å². The van der Waals surface area contributed by atoms with E-state index in [2.05, 4.69) is 23.1 Å². The molecule has 2 saturated heterocycles. The predicted molar refractivity (Wildman–Crippen MR) is 135 cm³/mol. The van der Waals surface area contributed by atoms with Gasteiger partial charge in [-0.15, -0.1) is 0 Å². The lowest BCUT2D eigenvalue weighted by Crippen LogP contribution is -2.52. The van der Waals surface area contributed by atoms with E-state index in [1.807, 2.05) is 24.1 Å². The van der Waals surface area contributed by atoms with Crippen molar-refractivity contribution in [3.8, 4) is 6.07 Å². The maximum atomic E-state index is 13.0. The highest BCUT2D eigenvalue weighted by molar-refractivity contribution is 7.89. The van der Waals surface area contributed by atoms with Gasteiger partial charge in [-0.05, 0) is 50.1 Å². The van der Waals surface area contributed by atoms with E-state index in [1.165, 1.54) is 47.0 Å². The molecule has 4 rings (SSSR count). The summed E-state index contributed by atoms with van der Waals surface area (Å²) in [7, 11) is -1.83. The number of hydrogen-bond acceptors (Lipinski definition) is 6. The minimum absolute atomic E-state index is 0.00238. The van der Waals surface area contributed by atoms with Crippen molar-refractivity contribution in [1.29, 1.82) is 5.26 Å². The van der Waals surface area contributed by atoms with E-state index >= 15 is 0 Å². The van der Waals surface area contributed by atoms with Gasteiger partial charge in [0.25, 0.3) is 0 Å². The van der Waals surface area contributed by atoms with Crippen LogP contribution in [-0.4, -0.2) is 81.3 Å². The number of likely N-dealkylation sites (N-methyl/N-ethyl adjacent to an activating group) is 1. The highest BCUT2D eigenvalue weighted by atomic mass is 32.2. The molecule has 8 nitrogen and oxygen atoms in total. The number of carbonyl (C=O) groups is 1. The van der Waals surface area contributed by atoms with Crippen LogP contribution >= 0.6 is 0 Å². The van der Waals surface area contributed by atoms with Crippen LogP contribution < -0.4 is 4.90 Å². The molecule has 0 atom stereocenters. The van der Waals surface area contributed by atoms with Gasteiger partial charge < -0.3 is 9.80 Å². The molecule has 0 aromatic heterocycles. The fraction of sp³-hybridized carbons (Fsp3) is 0.462. The number of rotatable bonds is 7. The SMILES string of the molecule is CN(CC(=O)N1CCN(S(=O)(=O)c2ccccc2C#N)CC1)Cc1ccccc1N1CCCCC1. The van der Waals surface area contributed by atoms with E-state index in [0.29, 0.717) is 19.6 Å². The summed E-state index contributed by atoms with van der Waals surface area (Å²) < 4.78 is 27.5. The summed E-state index contributed by atoms with van der Waals surface area (Å²) in [4.78, 5) is 19.2. The second kappa shape index (κ2) is 11.2. The zero-order chi connectivity index (χ0) is 24.8. The highest BCUT2D eigenvalue weighted by Gasteiger charge is 2.31. The van der Waals surface area contributed by atoms with Gasteiger partial charge in [0.1, 0.15) is 6.07 Å². The molecule has 2 aliphatic heterocycles. The first kappa shape index (κ1) is 25.2. The number of nitrogens with zero attached hydrogens (tertiary/aromatic N) is 5. The van der Waals surface area contributed by atoms with E-state index in [0.717, 1.165) is 13.1 Å². The zero-order valence-corrected chi connectivity index (χ0v) is 21.1. The molecule has 2 aromatic rings. The quantitative estimate of drug-likeness (QED) is 0.587. The summed E-state index contributed by atoms with van der Waals surface area (Å²) in [5.74, 6) is -0.00238. The van der Waals surface area contributed by atoms with E-state index < -0.39 is 10.0 Å². The van der Waals surface area contributed by atoms with Crippen molar-refractivity contribution in [3.05, 3.63) is 59.7 Å². The fourth-order valence-electron chi connectivity index (χ4n) is 4.87. The lowest BCUT2D eigenvalue weighted by Gasteiger charge is -2.35. The number of sulfonamides is 1. The number of nitriles is 1. The average Bonchev–Trinajstić information content (AvgIpc) is 2.89. The third-order valence-electron chi connectivity index (χ3n) is 6.75. The normalized spacial score (nSPS) is 17.4. The molecule has 186 valence electrons. The number of piperazine rings is 1. The largest absolute Gasteiger partial charge is 0.371 e. The number of amides is 1. The van der Waals surface area contributed by atoms with Crippen LogP contribution in [0.3, 0.4) is 0 Å². The van der Waals surface area contributed by atoms with Gasteiger partial charge in [0, 0.05) is 51.5 Å². The summed E-state index contributed by atoms with van der Waals surface area (Å²) in [6.07, 6.45) is 3.71. The smallest absolute Gasteiger partial charge is 0.244 e. The number of piperidine rings is 1. The molecule has 0 bridgehead atoms. The van der Waals surface area contributed by atoms with Crippen LogP contribution in [0.5, 0.6) is 0 Å². The topological polar surface area (TPSA) is 88.0 Å². The summed E-state index contributed by atoms with van der Waals surface area (Å²) in [6.45, 7) is 4.22. The zero-order valence-electron chi connectivity index (χ0n) is 20.3. The van der Waals surface area contributed by atoms with Gasteiger partial charge >= 0.3 is 0 Å². The molecule has 0 unspecified atom stereocenters. The summed E-state index contributed by atoms with van der Waals surface area (Å²) >= 11 is 0. The van der Waals surface area contributed by atoms with Gasteiger partial charge in [-0.1, -0.05) is 30.3 Å².